The van der Waals surface area contributed by atoms with Crippen molar-refractivity contribution < 1.29 is 5.11 Å². The minimum atomic E-state index is 0.118. The molecule has 0 aliphatic carbocycles. The van der Waals surface area contributed by atoms with Crippen molar-refractivity contribution >= 4 is 0 Å². The number of aliphatic hydroxyl groups is 1. The molecule has 1 saturated heterocycles. The molecule has 1 heterocycles. The molecule has 0 spiro atoms. The third-order valence-corrected chi connectivity index (χ3v) is 4.18. The summed E-state index contributed by atoms with van der Waals surface area (Å²) in [4.78, 5) is 2.48. The summed E-state index contributed by atoms with van der Waals surface area (Å²) in [6.45, 7) is 6.60. The van der Waals surface area contributed by atoms with E-state index in [9.17, 15) is 5.11 Å². The first-order chi connectivity index (χ1) is 9.11. The van der Waals surface area contributed by atoms with Crippen molar-refractivity contribution in [3.63, 3.8) is 0 Å². The van der Waals surface area contributed by atoms with Gasteiger partial charge in [0.15, 0.2) is 0 Å². The van der Waals surface area contributed by atoms with Gasteiger partial charge in [0, 0.05) is 18.7 Å². The quantitative estimate of drug-likeness (QED) is 0.873. The van der Waals surface area contributed by atoms with E-state index in [1.165, 1.54) is 11.1 Å². The molecule has 0 saturated carbocycles. The van der Waals surface area contributed by atoms with Crippen molar-refractivity contribution in [1.82, 2.24) is 4.90 Å². The van der Waals surface area contributed by atoms with Crippen molar-refractivity contribution in [2.75, 3.05) is 19.7 Å². The lowest BCUT2D eigenvalue weighted by Gasteiger charge is -2.39. The highest BCUT2D eigenvalue weighted by Gasteiger charge is 2.28. The second kappa shape index (κ2) is 6.51. The SMILES string of the molecule is Cc1cccc(C(C(C)N)N2CCC(CO)CC2)c1. The molecule has 1 aromatic carbocycles. The van der Waals surface area contributed by atoms with Crippen molar-refractivity contribution in [2.45, 2.75) is 38.8 Å². The molecule has 2 atom stereocenters. The van der Waals surface area contributed by atoms with E-state index in [1.54, 1.807) is 0 Å². The number of benzene rings is 1. The van der Waals surface area contributed by atoms with Gasteiger partial charge in [-0.15, -0.1) is 0 Å². The van der Waals surface area contributed by atoms with Crippen LogP contribution in [0.3, 0.4) is 0 Å². The van der Waals surface area contributed by atoms with E-state index in [2.05, 4.69) is 43.0 Å². The van der Waals surface area contributed by atoms with Crippen LogP contribution in [0.15, 0.2) is 24.3 Å². The Morgan fingerprint density at radius 1 is 1.37 bits per heavy atom. The van der Waals surface area contributed by atoms with Gasteiger partial charge in [-0.05, 0) is 51.3 Å². The topological polar surface area (TPSA) is 49.5 Å². The minimum absolute atomic E-state index is 0.118. The van der Waals surface area contributed by atoms with Crippen LogP contribution in [-0.2, 0) is 0 Å². The summed E-state index contributed by atoms with van der Waals surface area (Å²) in [6.07, 6.45) is 2.15. The predicted octanol–water partition coefficient (Wildman–Crippen LogP) is 2.09. The van der Waals surface area contributed by atoms with Crippen molar-refractivity contribution in [1.29, 1.82) is 0 Å². The van der Waals surface area contributed by atoms with Gasteiger partial charge in [0.2, 0.25) is 0 Å². The van der Waals surface area contributed by atoms with E-state index in [1.807, 2.05) is 0 Å². The van der Waals surface area contributed by atoms with Crippen LogP contribution >= 0.6 is 0 Å². The second-order valence-electron chi connectivity index (χ2n) is 5.88. The van der Waals surface area contributed by atoms with E-state index >= 15 is 0 Å². The van der Waals surface area contributed by atoms with Crippen LogP contribution in [0.4, 0.5) is 0 Å². The summed E-state index contributed by atoms with van der Waals surface area (Å²) in [5, 5.41) is 9.24. The maximum Gasteiger partial charge on any atom is 0.0496 e. The molecule has 2 unspecified atom stereocenters. The predicted molar refractivity (Wildman–Crippen MR) is 79.0 cm³/mol. The number of hydrogen-bond acceptors (Lipinski definition) is 3. The van der Waals surface area contributed by atoms with E-state index in [0.717, 1.165) is 25.9 Å². The largest absolute Gasteiger partial charge is 0.396 e. The average Bonchev–Trinajstić information content (AvgIpc) is 2.39. The zero-order chi connectivity index (χ0) is 13.8. The zero-order valence-corrected chi connectivity index (χ0v) is 12.0. The van der Waals surface area contributed by atoms with E-state index in [-0.39, 0.29) is 6.04 Å². The Morgan fingerprint density at radius 2 is 2.05 bits per heavy atom. The van der Waals surface area contributed by atoms with Crippen LogP contribution in [-0.4, -0.2) is 35.7 Å². The molecule has 3 heteroatoms. The Morgan fingerprint density at radius 3 is 2.58 bits per heavy atom. The van der Waals surface area contributed by atoms with Crippen molar-refractivity contribution in [2.24, 2.45) is 11.7 Å². The molecule has 1 aromatic rings. The number of hydrogen-bond donors (Lipinski definition) is 2. The smallest absolute Gasteiger partial charge is 0.0496 e. The molecule has 0 radical (unpaired) electrons. The maximum absolute atomic E-state index is 9.24. The number of rotatable bonds is 4. The molecule has 3 nitrogen and oxygen atoms in total. The molecule has 106 valence electrons. The Labute approximate surface area is 116 Å². The number of aryl methyl sites for hydroxylation is 1. The Kier molecular flexibility index (Phi) is 4.97. The molecular formula is C16H26N2O. The molecule has 0 aromatic heterocycles. The molecule has 0 bridgehead atoms. The van der Waals surface area contributed by atoms with Gasteiger partial charge in [0.25, 0.3) is 0 Å². The van der Waals surface area contributed by atoms with Gasteiger partial charge in [-0.2, -0.15) is 0 Å². The summed E-state index contributed by atoms with van der Waals surface area (Å²) >= 11 is 0. The number of nitrogens with zero attached hydrogens (tertiary/aromatic N) is 1. The first-order valence-electron chi connectivity index (χ1n) is 7.29. The first kappa shape index (κ1) is 14.5. The fourth-order valence-corrected chi connectivity index (χ4v) is 3.11. The van der Waals surface area contributed by atoms with E-state index < -0.39 is 0 Å². The van der Waals surface area contributed by atoms with Gasteiger partial charge in [-0.1, -0.05) is 29.8 Å². The number of aliphatic hydroxyl groups excluding tert-OH is 1. The molecule has 0 amide bonds. The molecule has 3 N–H and O–H groups in total. The van der Waals surface area contributed by atoms with E-state index in [0.29, 0.717) is 18.6 Å². The summed E-state index contributed by atoms with van der Waals surface area (Å²) in [5.41, 5.74) is 8.83. The number of nitrogens with two attached hydrogens (primary N) is 1. The number of piperidine rings is 1. The van der Waals surface area contributed by atoms with Crippen LogP contribution in [0.5, 0.6) is 0 Å². The summed E-state index contributed by atoms with van der Waals surface area (Å²) < 4.78 is 0. The Balaban J connectivity index is 2.13. The second-order valence-corrected chi connectivity index (χ2v) is 5.88. The fourth-order valence-electron chi connectivity index (χ4n) is 3.11. The van der Waals surface area contributed by atoms with Gasteiger partial charge in [0.05, 0.1) is 0 Å². The summed E-state index contributed by atoms with van der Waals surface area (Å²) in [7, 11) is 0. The average molecular weight is 262 g/mol. The lowest BCUT2D eigenvalue weighted by atomic mass is 9.92. The third-order valence-electron chi connectivity index (χ3n) is 4.18. The summed E-state index contributed by atoms with van der Waals surface area (Å²) in [5.74, 6) is 0.475. The molecule has 19 heavy (non-hydrogen) atoms. The first-order valence-corrected chi connectivity index (χ1v) is 7.29. The molecular weight excluding hydrogens is 236 g/mol. The summed E-state index contributed by atoms with van der Waals surface area (Å²) in [6, 6.07) is 9.07. The van der Waals surface area contributed by atoms with Crippen molar-refractivity contribution in [3.8, 4) is 0 Å². The maximum atomic E-state index is 9.24. The minimum Gasteiger partial charge on any atom is -0.396 e. The van der Waals surface area contributed by atoms with Crippen LogP contribution in [0, 0.1) is 12.8 Å². The van der Waals surface area contributed by atoms with Crippen LogP contribution in [0.25, 0.3) is 0 Å². The zero-order valence-electron chi connectivity index (χ0n) is 12.0. The van der Waals surface area contributed by atoms with Gasteiger partial charge in [0.1, 0.15) is 0 Å². The van der Waals surface area contributed by atoms with Gasteiger partial charge in [-0.25, -0.2) is 0 Å². The fraction of sp³-hybridized carbons (Fsp3) is 0.625. The van der Waals surface area contributed by atoms with Gasteiger partial charge >= 0.3 is 0 Å². The van der Waals surface area contributed by atoms with Crippen molar-refractivity contribution in [3.05, 3.63) is 35.4 Å². The Bertz CT molecular complexity index is 397. The molecule has 1 aliphatic heterocycles. The van der Waals surface area contributed by atoms with Crippen LogP contribution in [0.1, 0.15) is 36.9 Å². The van der Waals surface area contributed by atoms with Crippen LogP contribution < -0.4 is 5.73 Å². The third kappa shape index (κ3) is 3.56. The lowest BCUT2D eigenvalue weighted by molar-refractivity contribution is 0.0915. The molecule has 1 fully saturated rings. The monoisotopic (exact) mass is 262 g/mol. The standard InChI is InChI=1S/C16H26N2O/c1-12-4-3-5-15(10-12)16(13(2)17)18-8-6-14(11-19)7-9-18/h3-5,10,13-14,16,19H,6-9,11,17H2,1-2H3. The van der Waals surface area contributed by atoms with E-state index in [4.69, 9.17) is 5.73 Å². The molecule has 2 rings (SSSR count). The molecule has 1 aliphatic rings. The number of likely N-dealkylation sites (tertiary alicyclic amines) is 1. The highest BCUT2D eigenvalue weighted by atomic mass is 16.3. The highest BCUT2D eigenvalue weighted by molar-refractivity contribution is 5.26. The Hall–Kier alpha value is -0.900. The van der Waals surface area contributed by atoms with Crippen LogP contribution in [0.2, 0.25) is 0 Å². The lowest BCUT2D eigenvalue weighted by Crippen LogP contribution is -2.44. The normalized spacial score (nSPS) is 21.3. The van der Waals surface area contributed by atoms with Gasteiger partial charge < -0.3 is 10.8 Å². The highest BCUT2D eigenvalue weighted by Crippen LogP contribution is 2.29. The van der Waals surface area contributed by atoms with Gasteiger partial charge in [-0.3, -0.25) is 4.90 Å².